The summed E-state index contributed by atoms with van der Waals surface area (Å²) < 4.78 is 1.24. The van der Waals surface area contributed by atoms with Crippen molar-refractivity contribution in [1.82, 2.24) is 14.8 Å². The SMILES string of the molecule is O=C1CC[C@@]2(C(=O)O)N1c1ccccc1-c1nc(=O)c(-c3cccs3)nn12. The van der Waals surface area contributed by atoms with Gasteiger partial charge in [-0.2, -0.15) is 10.1 Å². The minimum Gasteiger partial charge on any atom is -0.478 e. The molecule has 2 aliphatic heterocycles. The fourth-order valence-electron chi connectivity index (χ4n) is 3.78. The average Bonchev–Trinajstić information content (AvgIpc) is 3.30. The van der Waals surface area contributed by atoms with Gasteiger partial charge in [-0.05, 0) is 23.6 Å². The van der Waals surface area contributed by atoms with Gasteiger partial charge in [0.05, 0.1) is 10.6 Å². The number of hydrogen-bond donors (Lipinski definition) is 1. The van der Waals surface area contributed by atoms with Crippen LogP contribution in [-0.2, 0) is 15.3 Å². The van der Waals surface area contributed by atoms with Crippen molar-refractivity contribution in [2.24, 2.45) is 0 Å². The van der Waals surface area contributed by atoms with Crippen molar-refractivity contribution in [2.75, 3.05) is 4.90 Å². The molecule has 0 spiro atoms. The highest BCUT2D eigenvalue weighted by Crippen LogP contribution is 2.47. The Morgan fingerprint density at radius 2 is 2.00 bits per heavy atom. The van der Waals surface area contributed by atoms with Gasteiger partial charge < -0.3 is 5.11 Å². The number of thiophene rings is 1. The van der Waals surface area contributed by atoms with E-state index in [1.165, 1.54) is 20.9 Å². The zero-order chi connectivity index (χ0) is 18.8. The number of carboxylic acids is 1. The molecule has 2 aliphatic rings. The molecule has 1 N–H and O–H groups in total. The van der Waals surface area contributed by atoms with E-state index in [4.69, 9.17) is 0 Å². The van der Waals surface area contributed by atoms with Crippen LogP contribution in [-0.4, -0.2) is 31.7 Å². The zero-order valence-electron chi connectivity index (χ0n) is 13.8. The van der Waals surface area contributed by atoms with E-state index >= 15 is 0 Å². The fraction of sp³-hybridized carbons (Fsp3) is 0.167. The summed E-state index contributed by atoms with van der Waals surface area (Å²) >= 11 is 1.32. The molecule has 0 bridgehead atoms. The third-order valence-electron chi connectivity index (χ3n) is 4.95. The first-order chi connectivity index (χ1) is 13.0. The number of para-hydroxylation sites is 1. The van der Waals surface area contributed by atoms with E-state index in [0.29, 0.717) is 16.1 Å². The van der Waals surface area contributed by atoms with Gasteiger partial charge in [0.1, 0.15) is 0 Å². The van der Waals surface area contributed by atoms with Crippen LogP contribution >= 0.6 is 11.3 Å². The Labute approximate surface area is 156 Å². The minimum absolute atomic E-state index is 0.0456. The summed E-state index contributed by atoms with van der Waals surface area (Å²) in [6.45, 7) is 0. The molecule has 8 nitrogen and oxygen atoms in total. The van der Waals surface area contributed by atoms with E-state index in [2.05, 4.69) is 10.1 Å². The zero-order valence-corrected chi connectivity index (χ0v) is 14.6. The number of aromatic nitrogens is 3. The number of nitrogens with zero attached hydrogens (tertiary/aromatic N) is 4. The molecule has 1 saturated heterocycles. The van der Waals surface area contributed by atoms with Crippen molar-refractivity contribution in [2.45, 2.75) is 18.5 Å². The fourth-order valence-corrected chi connectivity index (χ4v) is 4.48. The van der Waals surface area contributed by atoms with Gasteiger partial charge in [-0.25, -0.2) is 9.48 Å². The van der Waals surface area contributed by atoms with Gasteiger partial charge in [0.15, 0.2) is 11.5 Å². The van der Waals surface area contributed by atoms with Gasteiger partial charge >= 0.3 is 11.5 Å². The first kappa shape index (κ1) is 15.9. The number of hydrogen-bond acceptors (Lipinski definition) is 6. The van der Waals surface area contributed by atoms with Crippen LogP contribution in [0.5, 0.6) is 0 Å². The van der Waals surface area contributed by atoms with Crippen LogP contribution in [0.4, 0.5) is 5.69 Å². The van der Waals surface area contributed by atoms with Crippen LogP contribution in [0.3, 0.4) is 0 Å². The molecule has 0 saturated carbocycles. The molecule has 4 heterocycles. The Kier molecular flexibility index (Phi) is 3.14. The maximum Gasteiger partial charge on any atom is 0.353 e. The third-order valence-corrected chi connectivity index (χ3v) is 5.83. The quantitative estimate of drug-likeness (QED) is 0.728. The van der Waals surface area contributed by atoms with E-state index in [-0.39, 0.29) is 30.3 Å². The minimum atomic E-state index is -1.73. The molecule has 2 aromatic heterocycles. The summed E-state index contributed by atoms with van der Waals surface area (Å²) in [7, 11) is 0. The van der Waals surface area contributed by atoms with Gasteiger partial charge in [-0.15, -0.1) is 11.3 Å². The Morgan fingerprint density at radius 3 is 2.74 bits per heavy atom. The topological polar surface area (TPSA) is 105 Å². The Hall–Kier alpha value is -3.33. The Bertz CT molecular complexity index is 1170. The van der Waals surface area contributed by atoms with E-state index in [1.54, 1.807) is 41.8 Å². The molecule has 5 rings (SSSR count). The number of rotatable bonds is 2. The lowest BCUT2D eigenvalue weighted by Crippen LogP contribution is -2.58. The molecule has 0 radical (unpaired) electrons. The standard InChI is InChI=1S/C18H12N4O4S/c23-13-7-8-18(17(25)26)21(13)11-5-2-1-4-10(11)15-19-16(24)14(20-22(15)18)12-6-3-9-27-12/h1-6,9H,7-8H2,(H,25,26)/t18-/m1/s1. The van der Waals surface area contributed by atoms with E-state index in [0.717, 1.165) is 0 Å². The highest BCUT2D eigenvalue weighted by Gasteiger charge is 2.58. The number of carboxylic acid groups (broad SMARTS) is 1. The van der Waals surface area contributed by atoms with Gasteiger partial charge in [0.25, 0.3) is 0 Å². The number of amides is 1. The number of fused-ring (bicyclic) bond motifs is 6. The van der Waals surface area contributed by atoms with Gasteiger partial charge in [-0.3, -0.25) is 14.5 Å². The predicted molar refractivity (Wildman–Crippen MR) is 97.4 cm³/mol. The van der Waals surface area contributed by atoms with Gasteiger partial charge in [0, 0.05) is 18.4 Å². The monoisotopic (exact) mass is 380 g/mol. The van der Waals surface area contributed by atoms with Crippen molar-refractivity contribution in [3.63, 3.8) is 0 Å². The molecule has 27 heavy (non-hydrogen) atoms. The van der Waals surface area contributed by atoms with Crippen LogP contribution in [0.25, 0.3) is 22.0 Å². The highest BCUT2D eigenvalue weighted by molar-refractivity contribution is 7.13. The van der Waals surface area contributed by atoms with E-state index in [9.17, 15) is 19.5 Å². The largest absolute Gasteiger partial charge is 0.478 e. The molecule has 9 heteroatoms. The molecular weight excluding hydrogens is 368 g/mol. The molecule has 0 unspecified atom stereocenters. The number of carbonyl (C=O) groups excluding carboxylic acids is 1. The summed E-state index contributed by atoms with van der Waals surface area (Å²) in [6.07, 6.45) is 0.117. The maximum absolute atomic E-state index is 12.6. The predicted octanol–water partition coefficient (Wildman–Crippen LogP) is 1.91. The van der Waals surface area contributed by atoms with Crippen molar-refractivity contribution in [1.29, 1.82) is 0 Å². The molecule has 0 aliphatic carbocycles. The summed E-state index contributed by atoms with van der Waals surface area (Å²) in [5.41, 5.74) is -1.25. The Balaban J connectivity index is 1.91. The molecule has 1 amide bonds. The lowest BCUT2D eigenvalue weighted by atomic mass is 10.00. The normalized spacial score (nSPS) is 20.1. The molecule has 1 fully saturated rings. The molecular formula is C18H12N4O4S. The maximum atomic E-state index is 12.6. The lowest BCUT2D eigenvalue weighted by Gasteiger charge is -2.41. The number of carbonyl (C=O) groups is 2. The lowest BCUT2D eigenvalue weighted by molar-refractivity contribution is -0.148. The van der Waals surface area contributed by atoms with Crippen LogP contribution in [0, 0.1) is 0 Å². The van der Waals surface area contributed by atoms with Gasteiger partial charge in [-0.1, -0.05) is 18.2 Å². The van der Waals surface area contributed by atoms with E-state index < -0.39 is 17.2 Å². The van der Waals surface area contributed by atoms with Crippen molar-refractivity contribution >= 4 is 28.9 Å². The number of benzene rings is 1. The van der Waals surface area contributed by atoms with Crippen LogP contribution in [0.15, 0.2) is 46.6 Å². The second-order valence-corrected chi connectivity index (χ2v) is 7.29. The first-order valence-electron chi connectivity index (χ1n) is 8.25. The second-order valence-electron chi connectivity index (χ2n) is 6.35. The van der Waals surface area contributed by atoms with Crippen LogP contribution in [0.1, 0.15) is 12.8 Å². The smallest absolute Gasteiger partial charge is 0.353 e. The molecule has 134 valence electrons. The summed E-state index contributed by atoms with van der Waals surface area (Å²) in [5.74, 6) is -1.35. The first-order valence-corrected chi connectivity index (χ1v) is 9.13. The second kappa shape index (κ2) is 5.34. The molecule has 1 aromatic carbocycles. The van der Waals surface area contributed by atoms with Crippen molar-refractivity contribution in [3.05, 3.63) is 52.1 Å². The number of aliphatic carboxylic acids is 1. The van der Waals surface area contributed by atoms with Crippen LogP contribution < -0.4 is 10.5 Å². The summed E-state index contributed by atoms with van der Waals surface area (Å²) in [4.78, 5) is 43.7. The molecule has 3 aromatic rings. The van der Waals surface area contributed by atoms with Crippen LogP contribution in [0.2, 0.25) is 0 Å². The third kappa shape index (κ3) is 1.94. The van der Waals surface area contributed by atoms with E-state index in [1.807, 2.05) is 0 Å². The Morgan fingerprint density at radius 1 is 1.19 bits per heavy atom. The van der Waals surface area contributed by atoms with Gasteiger partial charge in [0.2, 0.25) is 11.6 Å². The van der Waals surface area contributed by atoms with Crippen molar-refractivity contribution < 1.29 is 14.7 Å². The summed E-state index contributed by atoms with van der Waals surface area (Å²) in [5, 5.41) is 16.3. The highest BCUT2D eigenvalue weighted by atomic mass is 32.1. The molecule has 1 atom stereocenters. The number of anilines is 1. The summed E-state index contributed by atoms with van der Waals surface area (Å²) in [6, 6.07) is 10.3. The van der Waals surface area contributed by atoms with Crippen molar-refractivity contribution in [3.8, 4) is 22.0 Å². The average molecular weight is 380 g/mol.